The molecule has 0 aliphatic carbocycles. The summed E-state index contributed by atoms with van der Waals surface area (Å²) in [6.07, 6.45) is 1.20. The molecular weight excluding hydrogens is 879 g/mol. The van der Waals surface area contributed by atoms with Crippen LogP contribution in [0.1, 0.15) is 84.6 Å². The molecule has 13 N–H and O–H groups in total. The van der Waals surface area contributed by atoms with Gasteiger partial charge in [0, 0.05) is 25.4 Å². The van der Waals surface area contributed by atoms with E-state index in [1.807, 2.05) is 37.3 Å². The van der Waals surface area contributed by atoms with E-state index in [0.29, 0.717) is 19.3 Å². The van der Waals surface area contributed by atoms with Crippen molar-refractivity contribution in [3.63, 3.8) is 0 Å². The highest BCUT2D eigenvalue weighted by molar-refractivity contribution is 7.80. The molecule has 2 saturated heterocycles. The van der Waals surface area contributed by atoms with Gasteiger partial charge in [-0.05, 0) is 62.3 Å². The van der Waals surface area contributed by atoms with Crippen LogP contribution in [-0.2, 0) is 49.6 Å². The van der Waals surface area contributed by atoms with Crippen molar-refractivity contribution >= 4 is 71.9 Å². The second-order valence-corrected chi connectivity index (χ2v) is 17.4. The van der Waals surface area contributed by atoms with Gasteiger partial charge in [-0.15, -0.1) is 0 Å². The maximum atomic E-state index is 14.3. The number of rotatable bonds is 25. The van der Waals surface area contributed by atoms with Crippen molar-refractivity contribution in [1.29, 1.82) is 0 Å². The van der Waals surface area contributed by atoms with Crippen molar-refractivity contribution in [2.24, 2.45) is 34.0 Å². The summed E-state index contributed by atoms with van der Waals surface area (Å²) in [4.78, 5) is 126. The van der Waals surface area contributed by atoms with Gasteiger partial charge < -0.3 is 63.8 Å². The minimum absolute atomic E-state index is 0.00636. The number of hydrogen-bond donors (Lipinski definition) is 11. The molecule has 0 saturated carbocycles. The first-order valence-corrected chi connectivity index (χ1v) is 22.9. The minimum Gasteiger partial charge on any atom is -0.481 e. The number of amides is 7. The molecule has 2 aliphatic heterocycles. The molecule has 2 fully saturated rings. The lowest BCUT2D eigenvalue weighted by Crippen LogP contribution is -2.61. The summed E-state index contributed by atoms with van der Waals surface area (Å²) in [5.74, 6) is -8.94. The Morgan fingerprint density at radius 1 is 0.758 bits per heavy atom. The number of carboxylic acid groups (broad SMARTS) is 2. The summed E-state index contributed by atoms with van der Waals surface area (Å²) in [5.41, 5.74) is 17.9. The zero-order chi connectivity index (χ0) is 49.2. The van der Waals surface area contributed by atoms with E-state index in [1.165, 1.54) is 9.80 Å². The van der Waals surface area contributed by atoms with E-state index in [2.05, 4.69) is 44.2 Å². The van der Waals surface area contributed by atoms with Gasteiger partial charge >= 0.3 is 11.9 Å². The van der Waals surface area contributed by atoms with Crippen molar-refractivity contribution < 1.29 is 53.4 Å². The van der Waals surface area contributed by atoms with Crippen molar-refractivity contribution in [1.82, 2.24) is 36.4 Å². The van der Waals surface area contributed by atoms with Crippen LogP contribution in [0.25, 0.3) is 0 Å². The van der Waals surface area contributed by atoms with Gasteiger partial charge in [-0.2, -0.15) is 12.6 Å². The third-order valence-electron chi connectivity index (χ3n) is 11.7. The number of nitrogens with one attached hydrogen (secondary N) is 5. The molecule has 0 bridgehead atoms. The fourth-order valence-electron chi connectivity index (χ4n) is 7.80. The zero-order valence-corrected chi connectivity index (χ0v) is 38.8. The average molecular weight is 946 g/mol. The van der Waals surface area contributed by atoms with Gasteiger partial charge in [-0.25, -0.2) is 4.79 Å². The molecule has 23 heteroatoms. The molecule has 1 aromatic carbocycles. The average Bonchev–Trinajstić information content (AvgIpc) is 3.98. The summed E-state index contributed by atoms with van der Waals surface area (Å²) in [5, 5.41) is 31.7. The van der Waals surface area contributed by atoms with Crippen LogP contribution in [0.3, 0.4) is 0 Å². The van der Waals surface area contributed by atoms with Gasteiger partial charge in [0.1, 0.15) is 42.3 Å². The lowest BCUT2D eigenvalue weighted by atomic mass is 9.96. The number of benzene rings is 1. The van der Waals surface area contributed by atoms with Crippen LogP contribution in [-0.4, -0.2) is 153 Å². The molecule has 3 rings (SSSR count). The second kappa shape index (κ2) is 26.2. The molecule has 9 atom stereocenters. The molecule has 7 amide bonds. The quantitative estimate of drug-likeness (QED) is 0.0223. The van der Waals surface area contributed by atoms with Crippen LogP contribution in [0.2, 0.25) is 0 Å². The predicted molar refractivity (Wildman–Crippen MR) is 245 cm³/mol. The van der Waals surface area contributed by atoms with Crippen LogP contribution in [0.15, 0.2) is 35.3 Å². The third kappa shape index (κ3) is 15.9. The summed E-state index contributed by atoms with van der Waals surface area (Å²) in [7, 11) is 0. The molecule has 2 aliphatic rings. The van der Waals surface area contributed by atoms with Crippen LogP contribution in [0.5, 0.6) is 0 Å². The Hall–Kier alpha value is -5.97. The van der Waals surface area contributed by atoms with Crippen LogP contribution >= 0.6 is 12.6 Å². The van der Waals surface area contributed by atoms with Crippen LogP contribution in [0, 0.1) is 11.8 Å². The highest BCUT2D eigenvalue weighted by atomic mass is 32.1. The summed E-state index contributed by atoms with van der Waals surface area (Å²) in [6.45, 7) is 7.31. The number of aliphatic carboxylic acids is 2. The van der Waals surface area contributed by atoms with Crippen molar-refractivity contribution in [3.05, 3.63) is 35.9 Å². The molecule has 22 nitrogen and oxygen atoms in total. The highest BCUT2D eigenvalue weighted by Gasteiger charge is 2.43. The van der Waals surface area contributed by atoms with E-state index in [0.717, 1.165) is 5.56 Å². The molecule has 1 aromatic rings. The Kier molecular flexibility index (Phi) is 21.6. The first-order valence-electron chi connectivity index (χ1n) is 22.2. The maximum Gasteiger partial charge on any atom is 0.326 e. The molecule has 366 valence electrons. The topological polar surface area (TPSA) is 351 Å². The van der Waals surface area contributed by atoms with Gasteiger partial charge in [0.2, 0.25) is 41.4 Å². The normalized spacial score (nSPS) is 19.0. The number of likely N-dealkylation sites (tertiary alicyclic amines) is 2. The molecule has 2 heterocycles. The highest BCUT2D eigenvalue weighted by Crippen LogP contribution is 2.23. The zero-order valence-electron chi connectivity index (χ0n) is 37.9. The Balaban J connectivity index is 1.77. The van der Waals surface area contributed by atoms with E-state index in [-0.39, 0.29) is 63.5 Å². The van der Waals surface area contributed by atoms with Crippen LogP contribution < -0.4 is 43.8 Å². The van der Waals surface area contributed by atoms with Crippen molar-refractivity contribution in [2.45, 2.75) is 134 Å². The summed E-state index contributed by atoms with van der Waals surface area (Å²) < 4.78 is 0. The van der Waals surface area contributed by atoms with Crippen molar-refractivity contribution in [3.8, 4) is 0 Å². The summed E-state index contributed by atoms with van der Waals surface area (Å²) in [6, 6.07) is -0.454. The number of carbonyl (C=O) groups excluding carboxylic acids is 7. The predicted octanol–water partition coefficient (Wildman–Crippen LogP) is -1.79. The minimum atomic E-state index is -1.75. The van der Waals surface area contributed by atoms with Crippen LogP contribution in [0.4, 0.5) is 0 Å². The summed E-state index contributed by atoms with van der Waals surface area (Å²) >= 11 is 4.28. The molecule has 0 spiro atoms. The van der Waals surface area contributed by atoms with Gasteiger partial charge in [0.15, 0.2) is 5.96 Å². The number of nitrogens with two attached hydrogens (primary N) is 3. The number of hydrogen-bond acceptors (Lipinski definition) is 12. The second-order valence-electron chi connectivity index (χ2n) is 17.0. The lowest BCUT2D eigenvalue weighted by molar-refractivity contribution is -0.148. The van der Waals surface area contributed by atoms with Crippen molar-refractivity contribution in [2.75, 3.05) is 25.4 Å². The van der Waals surface area contributed by atoms with E-state index < -0.39 is 120 Å². The van der Waals surface area contributed by atoms with Gasteiger partial charge in [0.05, 0.1) is 12.5 Å². The molecule has 66 heavy (non-hydrogen) atoms. The number of thiol groups is 1. The first kappa shape index (κ1) is 54.4. The van der Waals surface area contributed by atoms with E-state index in [4.69, 9.17) is 22.3 Å². The SMILES string of the molecule is CCC(C)C(NC(=O)C(CS)NC(=O)C(N)Cc1ccccc1)C(=O)N1CCCC1C(=O)NC(C(=O)NC(CCCN=C(N)N)C(=O)N1CCCC1C(=O)NC(CC(=O)O)C(=O)O)C(C)C. The van der Waals surface area contributed by atoms with E-state index in [9.17, 15) is 48.3 Å². The Labute approximate surface area is 389 Å². The first-order chi connectivity index (χ1) is 31.2. The largest absolute Gasteiger partial charge is 0.481 e. The number of carbonyl (C=O) groups is 9. The fraction of sp³-hybridized carbons (Fsp3) is 0.628. The maximum absolute atomic E-state index is 14.3. The number of carboxylic acids is 2. The van der Waals surface area contributed by atoms with E-state index >= 15 is 0 Å². The Morgan fingerprint density at radius 3 is 1.86 bits per heavy atom. The number of nitrogens with zero attached hydrogens (tertiary/aromatic N) is 3. The van der Waals surface area contributed by atoms with Gasteiger partial charge in [0.25, 0.3) is 0 Å². The standard InChI is InChI=1S/C43H67N11O11S/c1-5-24(4)34(52-36(58)29(22-66)50-35(57)26(44)20-25-12-7-6-8-13-25)41(63)54-19-11-16-31(54)38(60)51-33(23(2)3)39(61)48-27(14-9-17-47-43(45)46)40(62)53-18-10-15-30(53)37(59)49-28(42(64)65)21-32(55)56/h6-8,12-13,23-24,26-31,33-34,66H,5,9-11,14-22,44H2,1-4H3,(H,48,61)(H,49,59)(H,50,57)(H,51,60)(H,52,58)(H,55,56)(H,64,65)(H4,45,46,47). The molecule has 9 unspecified atom stereocenters. The van der Waals surface area contributed by atoms with E-state index in [1.54, 1.807) is 20.8 Å². The molecule has 0 aromatic heterocycles. The number of aliphatic imine (C=N–C) groups is 1. The fourth-order valence-corrected chi connectivity index (χ4v) is 8.06. The molecule has 0 radical (unpaired) electrons. The monoisotopic (exact) mass is 945 g/mol. The number of guanidine groups is 1. The smallest absolute Gasteiger partial charge is 0.326 e. The van der Waals surface area contributed by atoms with Gasteiger partial charge in [-0.1, -0.05) is 64.4 Å². The third-order valence-corrected chi connectivity index (χ3v) is 12.1. The Morgan fingerprint density at radius 2 is 1.33 bits per heavy atom. The Bertz CT molecular complexity index is 1920. The lowest BCUT2D eigenvalue weighted by Gasteiger charge is -2.33. The molecular formula is C43H67N11O11S. The van der Waals surface area contributed by atoms with Gasteiger partial charge in [-0.3, -0.25) is 43.3 Å².